The maximum Gasteiger partial charge on any atom is 0.123 e. The fraction of sp³-hybridized carbons (Fsp3) is 0.200. The molecular formula is C5H9N3. The molecule has 0 bridgehead atoms. The molecule has 0 aromatic heterocycles. The maximum absolute atomic E-state index is 6.81. The minimum atomic E-state index is -0.0532. The Kier molecular flexibility index (Phi) is 2.54. The number of rotatable bonds is 2. The summed E-state index contributed by atoms with van der Waals surface area (Å²) in [4.78, 5) is 0. The van der Waals surface area contributed by atoms with Crippen LogP contribution in [0, 0.1) is 10.8 Å². The Hall–Kier alpha value is -1.12. The van der Waals surface area contributed by atoms with Gasteiger partial charge in [0.05, 0.1) is 0 Å². The van der Waals surface area contributed by atoms with E-state index in [2.05, 4.69) is 0 Å². The van der Waals surface area contributed by atoms with Crippen LogP contribution in [0.25, 0.3) is 0 Å². The topological polar surface area (TPSA) is 73.7 Å². The summed E-state index contributed by atoms with van der Waals surface area (Å²) in [7, 11) is 0. The average Bonchev–Trinajstić information content (AvgIpc) is 1.69. The summed E-state index contributed by atoms with van der Waals surface area (Å²) >= 11 is 0. The normalized spacial score (nSPS) is 10.9. The molecule has 8 heavy (non-hydrogen) atoms. The van der Waals surface area contributed by atoms with Gasteiger partial charge in [-0.25, -0.2) is 0 Å². The third kappa shape index (κ3) is 1.55. The summed E-state index contributed by atoms with van der Waals surface area (Å²) in [5, 5.41) is 13.5. The Labute approximate surface area is 48.2 Å². The molecule has 0 spiro atoms. The lowest BCUT2D eigenvalue weighted by Crippen LogP contribution is -2.13. The van der Waals surface area contributed by atoms with E-state index >= 15 is 0 Å². The third-order valence-corrected chi connectivity index (χ3v) is 0.778. The summed E-state index contributed by atoms with van der Waals surface area (Å²) in [6.07, 6.45) is 2.68. The molecule has 0 aromatic carbocycles. The summed E-state index contributed by atoms with van der Waals surface area (Å²) in [5.41, 5.74) is 5.48. The van der Waals surface area contributed by atoms with Crippen molar-refractivity contribution in [2.24, 2.45) is 5.73 Å². The van der Waals surface area contributed by atoms with Gasteiger partial charge < -0.3 is 11.1 Å². The van der Waals surface area contributed by atoms with Crippen LogP contribution >= 0.6 is 0 Å². The van der Waals surface area contributed by atoms with Crippen LogP contribution in [0.4, 0.5) is 0 Å². The van der Waals surface area contributed by atoms with Gasteiger partial charge in [-0.15, -0.1) is 0 Å². The minimum absolute atomic E-state index is 0.0532. The molecule has 0 radical (unpaired) electrons. The van der Waals surface area contributed by atoms with E-state index < -0.39 is 0 Å². The second-order valence-corrected chi connectivity index (χ2v) is 1.30. The SMILES string of the molecule is C/C=C(/C=N)C(=N)N. The Bertz CT molecular complexity index is 135. The number of hydrogen-bond donors (Lipinski definition) is 3. The van der Waals surface area contributed by atoms with Crippen LogP contribution in [-0.2, 0) is 0 Å². The first-order valence-electron chi connectivity index (χ1n) is 2.23. The fourth-order valence-electron chi connectivity index (χ4n) is 0.317. The molecule has 0 heterocycles. The first-order valence-corrected chi connectivity index (χ1v) is 2.23. The van der Waals surface area contributed by atoms with E-state index in [1.807, 2.05) is 0 Å². The van der Waals surface area contributed by atoms with Crippen LogP contribution in [0.3, 0.4) is 0 Å². The molecule has 0 fully saturated rings. The summed E-state index contributed by atoms with van der Waals surface area (Å²) in [6.45, 7) is 1.74. The third-order valence-electron chi connectivity index (χ3n) is 0.778. The van der Waals surface area contributed by atoms with E-state index in [0.29, 0.717) is 5.57 Å². The van der Waals surface area contributed by atoms with Crippen LogP contribution in [0.15, 0.2) is 11.6 Å². The fourth-order valence-corrected chi connectivity index (χ4v) is 0.317. The van der Waals surface area contributed by atoms with Crippen LogP contribution in [-0.4, -0.2) is 12.1 Å². The van der Waals surface area contributed by atoms with Crippen molar-refractivity contribution in [2.75, 3.05) is 0 Å². The molecule has 0 atom stereocenters. The zero-order valence-electron chi connectivity index (χ0n) is 4.73. The number of nitrogens with one attached hydrogen (secondary N) is 2. The maximum atomic E-state index is 6.81. The van der Waals surface area contributed by atoms with Gasteiger partial charge in [0.2, 0.25) is 0 Å². The molecule has 3 nitrogen and oxygen atoms in total. The first kappa shape index (κ1) is 6.88. The van der Waals surface area contributed by atoms with Gasteiger partial charge in [0.1, 0.15) is 5.84 Å². The molecule has 0 saturated carbocycles. The van der Waals surface area contributed by atoms with E-state index in [4.69, 9.17) is 16.6 Å². The van der Waals surface area contributed by atoms with Gasteiger partial charge in [-0.2, -0.15) is 0 Å². The lowest BCUT2D eigenvalue weighted by molar-refractivity contribution is 1.43. The van der Waals surface area contributed by atoms with Crippen LogP contribution in [0.1, 0.15) is 6.92 Å². The zero-order valence-corrected chi connectivity index (χ0v) is 4.73. The monoisotopic (exact) mass is 111 g/mol. The van der Waals surface area contributed by atoms with E-state index in [1.165, 1.54) is 0 Å². The van der Waals surface area contributed by atoms with Gasteiger partial charge in [-0.1, -0.05) is 6.08 Å². The number of amidine groups is 1. The summed E-state index contributed by atoms with van der Waals surface area (Å²) in [6, 6.07) is 0. The lowest BCUT2D eigenvalue weighted by Gasteiger charge is -1.91. The van der Waals surface area contributed by atoms with E-state index in [1.54, 1.807) is 13.0 Å². The van der Waals surface area contributed by atoms with Gasteiger partial charge in [-0.3, -0.25) is 5.41 Å². The van der Waals surface area contributed by atoms with E-state index in [-0.39, 0.29) is 5.84 Å². The van der Waals surface area contributed by atoms with Gasteiger partial charge in [0, 0.05) is 11.8 Å². The average molecular weight is 111 g/mol. The molecule has 0 aliphatic heterocycles. The molecule has 0 rings (SSSR count). The van der Waals surface area contributed by atoms with Crippen LogP contribution in [0.5, 0.6) is 0 Å². The van der Waals surface area contributed by atoms with Crippen molar-refractivity contribution in [1.29, 1.82) is 10.8 Å². The van der Waals surface area contributed by atoms with Gasteiger partial charge in [0.15, 0.2) is 0 Å². The number of hydrogen-bond acceptors (Lipinski definition) is 2. The molecule has 3 heteroatoms. The quantitative estimate of drug-likeness (QED) is 0.352. The molecule has 0 aliphatic rings. The van der Waals surface area contributed by atoms with Crippen molar-refractivity contribution >= 4 is 12.1 Å². The highest BCUT2D eigenvalue weighted by atomic mass is 14.7. The van der Waals surface area contributed by atoms with Crippen molar-refractivity contribution in [2.45, 2.75) is 6.92 Å². The highest BCUT2D eigenvalue weighted by Gasteiger charge is 1.90. The highest BCUT2D eigenvalue weighted by Crippen LogP contribution is 1.84. The lowest BCUT2D eigenvalue weighted by atomic mass is 10.2. The molecule has 4 N–H and O–H groups in total. The van der Waals surface area contributed by atoms with Gasteiger partial charge >= 0.3 is 0 Å². The highest BCUT2D eigenvalue weighted by molar-refractivity contribution is 6.11. The largest absolute Gasteiger partial charge is 0.384 e. The van der Waals surface area contributed by atoms with Crippen LogP contribution < -0.4 is 5.73 Å². The van der Waals surface area contributed by atoms with Crippen LogP contribution in [0.2, 0.25) is 0 Å². The van der Waals surface area contributed by atoms with Gasteiger partial charge in [0.25, 0.3) is 0 Å². The molecule has 0 aliphatic carbocycles. The zero-order chi connectivity index (χ0) is 6.57. The van der Waals surface area contributed by atoms with Crippen molar-refractivity contribution in [3.8, 4) is 0 Å². The minimum Gasteiger partial charge on any atom is -0.384 e. The second kappa shape index (κ2) is 2.96. The Balaban J connectivity index is 4.13. The smallest absolute Gasteiger partial charge is 0.123 e. The van der Waals surface area contributed by atoms with Gasteiger partial charge in [-0.05, 0) is 6.92 Å². The Morgan fingerprint density at radius 1 is 1.62 bits per heavy atom. The molecular weight excluding hydrogens is 102 g/mol. The first-order chi connectivity index (χ1) is 3.72. The van der Waals surface area contributed by atoms with Crippen molar-refractivity contribution in [3.05, 3.63) is 11.6 Å². The van der Waals surface area contributed by atoms with E-state index in [9.17, 15) is 0 Å². The predicted octanol–water partition coefficient (Wildman–Crippen LogP) is 0.518. The van der Waals surface area contributed by atoms with E-state index in [0.717, 1.165) is 6.21 Å². The molecule has 0 saturated heterocycles. The van der Waals surface area contributed by atoms with Crippen molar-refractivity contribution in [1.82, 2.24) is 0 Å². The number of allylic oxidation sites excluding steroid dienone is 1. The molecule has 0 amide bonds. The molecule has 0 unspecified atom stereocenters. The summed E-state index contributed by atoms with van der Waals surface area (Å²) in [5.74, 6) is -0.0532. The standard InChI is InChI=1S/C5H9N3/c1-2-4(3-6)5(7)8/h2-3,6H,1H3,(H3,7,8)/b4-2-,6-3?. The Morgan fingerprint density at radius 3 is 2.12 bits per heavy atom. The van der Waals surface area contributed by atoms with Crippen molar-refractivity contribution < 1.29 is 0 Å². The molecule has 0 aromatic rings. The second-order valence-electron chi connectivity index (χ2n) is 1.30. The Morgan fingerprint density at radius 2 is 2.12 bits per heavy atom. The molecule has 44 valence electrons. The van der Waals surface area contributed by atoms with Crippen molar-refractivity contribution in [3.63, 3.8) is 0 Å². The predicted molar refractivity (Wildman–Crippen MR) is 34.5 cm³/mol. The summed E-state index contributed by atoms with van der Waals surface area (Å²) < 4.78 is 0. The number of nitrogens with two attached hydrogens (primary N) is 1.